The molecule has 0 saturated carbocycles. The van der Waals surface area contributed by atoms with Gasteiger partial charge in [0.05, 0.1) is 18.9 Å². The average Bonchev–Trinajstić information content (AvgIpc) is 2.76. The summed E-state index contributed by atoms with van der Waals surface area (Å²) < 4.78 is 34.1. The Morgan fingerprint density at radius 1 is 1.59 bits per heavy atom. The summed E-state index contributed by atoms with van der Waals surface area (Å²) in [5.41, 5.74) is 7.10. The number of nitrogens with zero attached hydrogens (tertiary/aromatic N) is 4. The molecule has 1 aromatic rings. The Morgan fingerprint density at radius 3 is 2.91 bits per heavy atom. The molecule has 0 spiro atoms. The third-order valence-electron chi connectivity index (χ3n) is 2.97. The predicted octanol–water partition coefficient (Wildman–Crippen LogP) is -0.521. The van der Waals surface area contributed by atoms with E-state index in [4.69, 9.17) is 14.5 Å². The van der Waals surface area contributed by atoms with Crippen LogP contribution in [0.25, 0.3) is 10.4 Å². The topological polar surface area (TPSA) is 156 Å². The van der Waals surface area contributed by atoms with Crippen molar-refractivity contribution in [1.82, 2.24) is 9.55 Å². The Morgan fingerprint density at radius 2 is 2.32 bits per heavy atom. The van der Waals surface area contributed by atoms with Gasteiger partial charge < -0.3 is 4.74 Å². The second kappa shape index (κ2) is 6.32. The smallest absolute Gasteiger partial charge is 0.330 e. The fourth-order valence-corrected chi connectivity index (χ4v) is 2.78. The summed E-state index contributed by atoms with van der Waals surface area (Å²) in [6.07, 6.45) is -0.394. The number of aromatic nitrogens is 2. The predicted molar refractivity (Wildman–Crippen MR) is 73.6 cm³/mol. The zero-order chi connectivity index (χ0) is 16.3. The second-order valence-electron chi connectivity index (χ2n) is 4.63. The van der Waals surface area contributed by atoms with Gasteiger partial charge in [-0.15, -0.1) is 0 Å². The summed E-state index contributed by atoms with van der Waals surface area (Å²) in [5.74, 6) is 0. The normalized spacial score (nSPS) is 24.9. The van der Waals surface area contributed by atoms with Crippen LogP contribution in [-0.4, -0.2) is 43.0 Å². The molecule has 120 valence electrons. The van der Waals surface area contributed by atoms with E-state index in [-0.39, 0.29) is 13.0 Å². The van der Waals surface area contributed by atoms with Crippen LogP contribution in [0.2, 0.25) is 0 Å². The molecule has 1 aliphatic heterocycles. The molecule has 22 heavy (non-hydrogen) atoms. The van der Waals surface area contributed by atoms with E-state index in [0.717, 1.165) is 16.9 Å². The van der Waals surface area contributed by atoms with Crippen LogP contribution in [0.15, 0.2) is 27.0 Å². The van der Waals surface area contributed by atoms with E-state index < -0.39 is 39.8 Å². The molecule has 12 heteroatoms. The van der Waals surface area contributed by atoms with Crippen molar-refractivity contribution in [2.45, 2.75) is 24.9 Å². The van der Waals surface area contributed by atoms with Crippen molar-refractivity contribution in [2.75, 3.05) is 12.8 Å². The quantitative estimate of drug-likeness (QED) is 0.331. The van der Waals surface area contributed by atoms with Gasteiger partial charge in [0.2, 0.25) is 0 Å². The van der Waals surface area contributed by atoms with Gasteiger partial charge in [0.25, 0.3) is 15.7 Å². The zero-order valence-electron chi connectivity index (χ0n) is 11.4. The lowest BCUT2D eigenvalue weighted by atomic mass is 10.2. The maximum absolute atomic E-state index is 11.7. The lowest BCUT2D eigenvalue weighted by molar-refractivity contribution is -0.0107. The van der Waals surface area contributed by atoms with E-state index in [1.807, 2.05) is 0 Å². The van der Waals surface area contributed by atoms with E-state index in [2.05, 4.69) is 15.0 Å². The number of H-pyrrole nitrogens is 1. The highest BCUT2D eigenvalue weighted by Gasteiger charge is 2.39. The second-order valence-corrected chi connectivity index (χ2v) is 6.24. The molecule has 2 heterocycles. The minimum atomic E-state index is -3.75. The minimum Gasteiger partial charge on any atom is -0.352 e. The lowest BCUT2D eigenvalue weighted by Gasteiger charge is -2.15. The Labute approximate surface area is 124 Å². The van der Waals surface area contributed by atoms with Crippen LogP contribution >= 0.6 is 0 Å². The van der Waals surface area contributed by atoms with Crippen molar-refractivity contribution in [3.8, 4) is 0 Å². The number of hydrogen-bond donors (Lipinski definition) is 1. The van der Waals surface area contributed by atoms with Crippen LogP contribution in [-0.2, 0) is 19.0 Å². The lowest BCUT2D eigenvalue weighted by Crippen LogP contribution is -2.31. The molecule has 1 fully saturated rings. The first-order valence-corrected chi connectivity index (χ1v) is 7.98. The van der Waals surface area contributed by atoms with Gasteiger partial charge in [0.1, 0.15) is 12.3 Å². The fourth-order valence-electron chi connectivity index (χ4n) is 2.13. The first-order chi connectivity index (χ1) is 10.3. The first kappa shape index (κ1) is 16.2. The summed E-state index contributed by atoms with van der Waals surface area (Å²) in [6, 6.07) is 1.14. The largest absolute Gasteiger partial charge is 0.352 e. The fraction of sp³-hybridized carbons (Fsp3) is 0.600. The van der Waals surface area contributed by atoms with Crippen LogP contribution in [0.3, 0.4) is 0 Å². The van der Waals surface area contributed by atoms with Crippen molar-refractivity contribution in [1.29, 1.82) is 0 Å². The van der Waals surface area contributed by atoms with Crippen molar-refractivity contribution < 1.29 is 17.3 Å². The molecule has 0 aliphatic carbocycles. The molecular formula is C10H13N5O6S. The highest BCUT2D eigenvalue weighted by atomic mass is 32.2. The Bertz CT molecular complexity index is 808. The number of nitrogens with one attached hydrogen (secondary N) is 1. The van der Waals surface area contributed by atoms with Gasteiger partial charge in [0.15, 0.2) is 0 Å². The molecule has 3 atom stereocenters. The van der Waals surface area contributed by atoms with Crippen molar-refractivity contribution >= 4 is 10.1 Å². The summed E-state index contributed by atoms with van der Waals surface area (Å²) in [4.78, 5) is 27.4. The average molecular weight is 331 g/mol. The van der Waals surface area contributed by atoms with Crippen LogP contribution in [0.1, 0.15) is 12.6 Å². The zero-order valence-corrected chi connectivity index (χ0v) is 12.3. The van der Waals surface area contributed by atoms with E-state index in [9.17, 15) is 18.0 Å². The Hall–Kier alpha value is -2.14. The molecular weight excluding hydrogens is 318 g/mol. The van der Waals surface area contributed by atoms with Crippen LogP contribution in [0.5, 0.6) is 0 Å². The van der Waals surface area contributed by atoms with E-state index >= 15 is 0 Å². The maximum atomic E-state index is 11.7. The monoisotopic (exact) mass is 331 g/mol. The standard InChI is InChI=1S/C10H13N5O6S/c1-22(18,19)21-6-4-9(20-7(6)5-12-14-11)15-3-2-8(16)13-10(15)17/h2-3,6-7,9H,4-5H2,1H3,(H,13,16,17)/t6-,7+,9+/m0/s1. The van der Waals surface area contributed by atoms with Crippen molar-refractivity contribution in [3.63, 3.8) is 0 Å². The molecule has 0 amide bonds. The Kier molecular flexibility index (Phi) is 4.66. The van der Waals surface area contributed by atoms with Gasteiger partial charge >= 0.3 is 5.69 Å². The number of aromatic amines is 1. The van der Waals surface area contributed by atoms with Crippen molar-refractivity contribution in [2.24, 2.45) is 5.11 Å². The highest BCUT2D eigenvalue weighted by Crippen LogP contribution is 2.30. The number of azide groups is 1. The van der Waals surface area contributed by atoms with Gasteiger partial charge in [-0.1, -0.05) is 5.11 Å². The molecule has 1 saturated heterocycles. The van der Waals surface area contributed by atoms with Gasteiger partial charge in [0, 0.05) is 23.6 Å². The molecule has 11 nitrogen and oxygen atoms in total. The molecule has 0 radical (unpaired) electrons. The van der Waals surface area contributed by atoms with E-state index in [1.165, 1.54) is 6.20 Å². The molecule has 0 unspecified atom stereocenters. The summed E-state index contributed by atoms with van der Waals surface area (Å²) in [7, 11) is -3.75. The van der Waals surface area contributed by atoms with Crippen LogP contribution < -0.4 is 11.2 Å². The third-order valence-corrected chi connectivity index (χ3v) is 3.56. The molecule has 0 aromatic carbocycles. The van der Waals surface area contributed by atoms with Crippen LogP contribution in [0, 0.1) is 0 Å². The van der Waals surface area contributed by atoms with Gasteiger partial charge in [-0.3, -0.25) is 18.5 Å². The van der Waals surface area contributed by atoms with Gasteiger partial charge in [-0.25, -0.2) is 4.79 Å². The number of hydrogen-bond acceptors (Lipinski definition) is 7. The van der Waals surface area contributed by atoms with Gasteiger partial charge in [-0.05, 0) is 5.53 Å². The van der Waals surface area contributed by atoms with Crippen LogP contribution in [0.4, 0.5) is 0 Å². The number of rotatable bonds is 5. The first-order valence-electron chi connectivity index (χ1n) is 6.16. The highest BCUT2D eigenvalue weighted by molar-refractivity contribution is 7.86. The van der Waals surface area contributed by atoms with Gasteiger partial charge in [-0.2, -0.15) is 8.42 Å². The molecule has 1 aliphatic rings. The van der Waals surface area contributed by atoms with E-state index in [0.29, 0.717) is 0 Å². The Balaban J connectivity index is 2.27. The molecule has 1 N–H and O–H groups in total. The third kappa shape index (κ3) is 3.95. The molecule has 1 aromatic heterocycles. The summed E-state index contributed by atoms with van der Waals surface area (Å²) >= 11 is 0. The maximum Gasteiger partial charge on any atom is 0.330 e. The number of ether oxygens (including phenoxy) is 1. The van der Waals surface area contributed by atoms with Crippen molar-refractivity contribution in [3.05, 3.63) is 43.5 Å². The summed E-state index contributed by atoms with van der Waals surface area (Å²) in [5, 5.41) is 3.33. The molecule has 0 bridgehead atoms. The van der Waals surface area contributed by atoms with E-state index in [1.54, 1.807) is 0 Å². The SMILES string of the molecule is CS(=O)(=O)O[C@H]1C[C@H](n2ccc(=O)[nH]c2=O)O[C@@H]1CN=[N+]=[N-]. The molecule has 2 rings (SSSR count). The minimum absolute atomic E-state index is 0.0463. The summed E-state index contributed by atoms with van der Waals surface area (Å²) in [6.45, 7) is -0.148.